The zero-order chi connectivity index (χ0) is 27.0. The molecule has 0 bridgehead atoms. The van der Waals surface area contributed by atoms with Gasteiger partial charge in [0.05, 0.1) is 11.4 Å². The first kappa shape index (κ1) is 24.4. The van der Waals surface area contributed by atoms with Crippen LogP contribution in [0.3, 0.4) is 0 Å². The fourth-order valence-electron chi connectivity index (χ4n) is 4.78. The van der Waals surface area contributed by atoms with Gasteiger partial charge < -0.3 is 5.11 Å². The molecule has 190 valence electrons. The number of para-hydroxylation sites is 3. The number of hydrogen-bond acceptors (Lipinski definition) is 7. The van der Waals surface area contributed by atoms with Crippen molar-refractivity contribution in [1.82, 2.24) is 10.6 Å². The van der Waals surface area contributed by atoms with Gasteiger partial charge in [-0.15, -0.1) is 0 Å². The van der Waals surface area contributed by atoms with Crippen LogP contribution in [0.5, 0.6) is 5.75 Å². The zero-order valence-electron chi connectivity index (χ0n) is 19.6. The molecule has 2 heterocycles. The Labute approximate surface area is 215 Å². The molecule has 3 N–H and O–H groups in total. The SMILES string of the molecule is O=C1NC(=O)N(c2ccccc2)C(=O)[C@@H]1C(c1ccccc1O)[C@@H]1C(=O)NC(=O)N(c2ccccc2)C1=O. The Hall–Kier alpha value is -5.32. The highest BCUT2D eigenvalue weighted by Crippen LogP contribution is 2.42. The summed E-state index contributed by atoms with van der Waals surface area (Å²) in [6.07, 6.45) is 0. The van der Waals surface area contributed by atoms with Crippen molar-refractivity contribution in [1.29, 1.82) is 0 Å². The molecule has 5 rings (SSSR count). The molecule has 2 aliphatic rings. The molecular formula is C27H20N4O7. The number of benzene rings is 3. The smallest absolute Gasteiger partial charge is 0.335 e. The van der Waals surface area contributed by atoms with E-state index in [0.717, 1.165) is 9.80 Å². The van der Waals surface area contributed by atoms with Gasteiger partial charge in [0.15, 0.2) is 0 Å². The van der Waals surface area contributed by atoms with E-state index in [-0.39, 0.29) is 22.7 Å². The minimum atomic E-state index is -1.79. The second-order valence-corrected chi connectivity index (χ2v) is 8.65. The van der Waals surface area contributed by atoms with Crippen molar-refractivity contribution in [3.63, 3.8) is 0 Å². The van der Waals surface area contributed by atoms with Gasteiger partial charge in [-0.25, -0.2) is 19.4 Å². The highest BCUT2D eigenvalue weighted by molar-refractivity contribution is 6.31. The molecule has 3 aromatic carbocycles. The number of phenols is 1. The highest BCUT2D eigenvalue weighted by atomic mass is 16.3. The minimum Gasteiger partial charge on any atom is -0.508 e. The van der Waals surface area contributed by atoms with Crippen LogP contribution in [-0.2, 0) is 19.2 Å². The number of anilines is 2. The molecule has 11 heteroatoms. The topological polar surface area (TPSA) is 153 Å². The Morgan fingerprint density at radius 3 is 1.39 bits per heavy atom. The molecule has 2 saturated heterocycles. The number of amides is 8. The number of phenolic OH excluding ortho intramolecular Hbond substituents is 1. The zero-order valence-corrected chi connectivity index (χ0v) is 19.6. The predicted molar refractivity (Wildman–Crippen MR) is 133 cm³/mol. The van der Waals surface area contributed by atoms with Gasteiger partial charge in [0.1, 0.15) is 17.6 Å². The van der Waals surface area contributed by atoms with Gasteiger partial charge in [0.25, 0.3) is 0 Å². The van der Waals surface area contributed by atoms with Gasteiger partial charge in [-0.05, 0) is 35.9 Å². The Morgan fingerprint density at radius 2 is 0.974 bits per heavy atom. The molecule has 3 aromatic rings. The number of rotatable bonds is 5. The largest absolute Gasteiger partial charge is 0.508 e. The van der Waals surface area contributed by atoms with E-state index < -0.39 is 53.4 Å². The number of nitrogens with zero attached hydrogens (tertiary/aromatic N) is 2. The molecule has 0 unspecified atom stereocenters. The van der Waals surface area contributed by atoms with Crippen LogP contribution in [0, 0.1) is 11.8 Å². The minimum absolute atomic E-state index is 0.0563. The van der Waals surface area contributed by atoms with Crippen LogP contribution < -0.4 is 20.4 Å². The number of carbonyl (C=O) groups excluding carboxylic acids is 6. The van der Waals surface area contributed by atoms with E-state index >= 15 is 0 Å². The number of urea groups is 2. The first-order valence-corrected chi connectivity index (χ1v) is 11.5. The fraction of sp³-hybridized carbons (Fsp3) is 0.111. The van der Waals surface area contributed by atoms with E-state index in [1.54, 1.807) is 36.4 Å². The van der Waals surface area contributed by atoms with Crippen LogP contribution in [-0.4, -0.2) is 40.8 Å². The van der Waals surface area contributed by atoms with Crippen molar-refractivity contribution in [2.24, 2.45) is 11.8 Å². The van der Waals surface area contributed by atoms with Crippen LogP contribution in [0.4, 0.5) is 21.0 Å². The van der Waals surface area contributed by atoms with Gasteiger partial charge in [-0.3, -0.25) is 29.8 Å². The Kier molecular flexibility index (Phi) is 6.17. The lowest BCUT2D eigenvalue weighted by molar-refractivity contribution is -0.140. The highest BCUT2D eigenvalue weighted by Gasteiger charge is 2.55. The lowest BCUT2D eigenvalue weighted by Crippen LogP contribution is -2.64. The van der Waals surface area contributed by atoms with Crippen molar-refractivity contribution in [2.75, 3.05) is 9.80 Å². The standard InChI is InChI=1S/C27H20N4O7/c32-18-14-8-7-13-17(18)19(20-22(33)28-26(37)30(24(20)35)15-9-3-1-4-10-15)21-23(34)29-27(38)31(25(21)36)16-11-5-2-6-12-16/h1-14,19-21,32H,(H,28,33,37)(H,29,34,38)/t20-,21-/m1/s1. The number of hydrogen-bond donors (Lipinski definition) is 3. The molecule has 8 amide bonds. The van der Waals surface area contributed by atoms with Crippen molar-refractivity contribution in [2.45, 2.75) is 5.92 Å². The van der Waals surface area contributed by atoms with Crippen molar-refractivity contribution in [3.8, 4) is 5.75 Å². The number of aromatic hydroxyl groups is 1. The summed E-state index contributed by atoms with van der Waals surface area (Å²) in [6, 6.07) is 19.2. The molecule has 0 radical (unpaired) electrons. The third kappa shape index (κ3) is 4.05. The number of nitrogens with one attached hydrogen (secondary N) is 2. The molecule has 2 aliphatic heterocycles. The molecule has 0 saturated carbocycles. The molecule has 0 aromatic heterocycles. The molecule has 11 nitrogen and oxygen atoms in total. The van der Waals surface area contributed by atoms with Crippen LogP contribution >= 0.6 is 0 Å². The Bertz CT molecular complexity index is 1390. The maximum Gasteiger partial charge on any atom is 0.335 e. The lowest BCUT2D eigenvalue weighted by Gasteiger charge is -2.39. The molecule has 38 heavy (non-hydrogen) atoms. The van der Waals surface area contributed by atoms with E-state index in [9.17, 15) is 33.9 Å². The average molecular weight is 512 g/mol. The van der Waals surface area contributed by atoms with Gasteiger partial charge in [-0.1, -0.05) is 54.6 Å². The number of imide groups is 4. The summed E-state index contributed by atoms with van der Waals surface area (Å²) in [5.74, 6) is -9.63. The van der Waals surface area contributed by atoms with Gasteiger partial charge in [0, 0.05) is 5.92 Å². The fourth-order valence-corrected chi connectivity index (χ4v) is 4.78. The number of carbonyl (C=O) groups is 6. The van der Waals surface area contributed by atoms with Gasteiger partial charge in [-0.2, -0.15) is 0 Å². The first-order chi connectivity index (χ1) is 18.3. The van der Waals surface area contributed by atoms with Crippen LogP contribution in [0.25, 0.3) is 0 Å². The maximum absolute atomic E-state index is 13.8. The molecule has 0 spiro atoms. The van der Waals surface area contributed by atoms with Gasteiger partial charge in [0.2, 0.25) is 23.6 Å². The van der Waals surface area contributed by atoms with Crippen LogP contribution in [0.2, 0.25) is 0 Å². The number of barbiturate groups is 2. The third-order valence-electron chi connectivity index (χ3n) is 6.45. The van der Waals surface area contributed by atoms with Crippen LogP contribution in [0.15, 0.2) is 84.9 Å². The van der Waals surface area contributed by atoms with E-state index in [1.807, 2.05) is 0 Å². The van der Waals surface area contributed by atoms with E-state index in [2.05, 4.69) is 10.6 Å². The second-order valence-electron chi connectivity index (χ2n) is 8.65. The normalized spacial score (nSPS) is 20.0. The third-order valence-corrected chi connectivity index (χ3v) is 6.45. The predicted octanol–water partition coefficient (Wildman–Crippen LogP) is 2.27. The maximum atomic E-state index is 13.8. The monoisotopic (exact) mass is 512 g/mol. The average Bonchev–Trinajstić information content (AvgIpc) is 2.89. The van der Waals surface area contributed by atoms with Gasteiger partial charge >= 0.3 is 12.1 Å². The second kappa shape index (κ2) is 9.62. The van der Waals surface area contributed by atoms with E-state index in [1.165, 1.54) is 48.5 Å². The summed E-state index contributed by atoms with van der Waals surface area (Å²) in [4.78, 5) is 80.9. The summed E-state index contributed by atoms with van der Waals surface area (Å²) in [5, 5.41) is 15.0. The van der Waals surface area contributed by atoms with E-state index in [4.69, 9.17) is 0 Å². The molecule has 2 fully saturated rings. The summed E-state index contributed by atoms with van der Waals surface area (Å²) in [6.45, 7) is 0. The van der Waals surface area contributed by atoms with Crippen molar-refractivity contribution < 1.29 is 33.9 Å². The molecule has 0 aliphatic carbocycles. The molecule has 2 atom stereocenters. The quantitative estimate of drug-likeness (QED) is 0.443. The van der Waals surface area contributed by atoms with Crippen LogP contribution in [0.1, 0.15) is 11.5 Å². The summed E-state index contributed by atoms with van der Waals surface area (Å²) in [7, 11) is 0. The van der Waals surface area contributed by atoms with Crippen molar-refractivity contribution in [3.05, 3.63) is 90.5 Å². The van der Waals surface area contributed by atoms with Crippen molar-refractivity contribution >= 4 is 47.1 Å². The Morgan fingerprint density at radius 1 is 0.579 bits per heavy atom. The summed E-state index contributed by atoms with van der Waals surface area (Å²) in [5.41, 5.74) is 0.257. The first-order valence-electron chi connectivity index (χ1n) is 11.5. The lowest BCUT2D eigenvalue weighted by atomic mass is 9.73. The Balaban J connectivity index is 1.66. The summed E-state index contributed by atoms with van der Waals surface area (Å²) >= 11 is 0. The van der Waals surface area contributed by atoms with E-state index in [0.29, 0.717) is 0 Å². The molecular weight excluding hydrogens is 492 g/mol. The summed E-state index contributed by atoms with van der Waals surface area (Å²) < 4.78 is 0.